The molecular weight excluding hydrogens is 180 g/mol. The van der Waals surface area contributed by atoms with Gasteiger partial charge in [0.2, 0.25) is 0 Å². The van der Waals surface area contributed by atoms with Crippen molar-refractivity contribution in [2.75, 3.05) is 0 Å². The van der Waals surface area contributed by atoms with E-state index in [0.717, 1.165) is 17.0 Å². The van der Waals surface area contributed by atoms with Crippen LogP contribution in [-0.4, -0.2) is 20.9 Å². The summed E-state index contributed by atoms with van der Waals surface area (Å²) < 4.78 is 1.80. The van der Waals surface area contributed by atoms with Gasteiger partial charge in [-0.05, 0) is 32.4 Å². The number of allylic oxidation sites excluding steroid dienone is 1. The third-order valence-corrected chi connectivity index (χ3v) is 1.87. The number of carboxylic acids is 1. The predicted octanol–water partition coefficient (Wildman–Crippen LogP) is 1.53. The molecule has 4 heteroatoms. The van der Waals surface area contributed by atoms with E-state index in [9.17, 15) is 4.79 Å². The van der Waals surface area contributed by atoms with Crippen molar-refractivity contribution >= 4 is 5.97 Å². The lowest BCUT2D eigenvalue weighted by molar-refractivity contribution is -0.131. The van der Waals surface area contributed by atoms with Crippen LogP contribution in [-0.2, 0) is 11.3 Å². The van der Waals surface area contributed by atoms with Gasteiger partial charge in [-0.2, -0.15) is 5.10 Å². The van der Waals surface area contributed by atoms with Gasteiger partial charge in [-0.3, -0.25) is 4.68 Å². The van der Waals surface area contributed by atoms with E-state index in [2.05, 4.69) is 5.10 Å². The molecule has 0 atom stereocenters. The predicted molar refractivity (Wildman–Crippen MR) is 53.1 cm³/mol. The van der Waals surface area contributed by atoms with Gasteiger partial charge >= 0.3 is 5.97 Å². The van der Waals surface area contributed by atoms with Crippen LogP contribution in [0.1, 0.15) is 18.3 Å². The number of aryl methyl sites for hydroxylation is 2. The van der Waals surface area contributed by atoms with E-state index in [1.54, 1.807) is 11.6 Å². The maximum Gasteiger partial charge on any atom is 0.328 e. The molecule has 1 N–H and O–H groups in total. The van der Waals surface area contributed by atoms with Crippen LogP contribution in [0, 0.1) is 13.8 Å². The van der Waals surface area contributed by atoms with E-state index in [1.165, 1.54) is 6.08 Å². The first-order valence-electron chi connectivity index (χ1n) is 4.40. The first kappa shape index (κ1) is 10.5. The summed E-state index contributed by atoms with van der Waals surface area (Å²) in [5.74, 6) is -0.913. The molecule has 1 aromatic rings. The van der Waals surface area contributed by atoms with Crippen molar-refractivity contribution in [3.05, 3.63) is 29.1 Å². The number of nitrogens with zero attached hydrogens (tertiary/aromatic N) is 2. The highest BCUT2D eigenvalue weighted by Gasteiger charge is 2.01. The van der Waals surface area contributed by atoms with Crippen molar-refractivity contribution in [2.45, 2.75) is 27.3 Å². The second kappa shape index (κ2) is 4.09. The molecule has 0 saturated heterocycles. The fourth-order valence-electron chi connectivity index (χ4n) is 1.33. The fourth-order valence-corrected chi connectivity index (χ4v) is 1.33. The van der Waals surface area contributed by atoms with Crippen LogP contribution in [0.25, 0.3) is 0 Å². The smallest absolute Gasteiger partial charge is 0.328 e. The van der Waals surface area contributed by atoms with Crippen LogP contribution in [0.2, 0.25) is 0 Å². The minimum atomic E-state index is -0.913. The topological polar surface area (TPSA) is 55.1 Å². The Hall–Kier alpha value is -1.58. The molecule has 1 heterocycles. The zero-order valence-corrected chi connectivity index (χ0v) is 8.61. The van der Waals surface area contributed by atoms with Gasteiger partial charge < -0.3 is 5.11 Å². The Kier molecular flexibility index (Phi) is 3.06. The number of hydrogen-bond acceptors (Lipinski definition) is 2. The van der Waals surface area contributed by atoms with E-state index < -0.39 is 5.97 Å². The first-order valence-corrected chi connectivity index (χ1v) is 4.40. The molecule has 0 spiro atoms. The van der Waals surface area contributed by atoms with Gasteiger partial charge in [-0.1, -0.05) is 0 Å². The molecule has 0 saturated carbocycles. The van der Waals surface area contributed by atoms with Crippen LogP contribution in [0.4, 0.5) is 0 Å². The number of aromatic nitrogens is 2. The summed E-state index contributed by atoms with van der Waals surface area (Å²) in [6, 6.07) is 1.97. The van der Waals surface area contributed by atoms with E-state index in [4.69, 9.17) is 5.11 Å². The maximum atomic E-state index is 10.4. The van der Waals surface area contributed by atoms with Crippen molar-refractivity contribution in [3.8, 4) is 0 Å². The molecule has 0 aliphatic carbocycles. The van der Waals surface area contributed by atoms with E-state index in [0.29, 0.717) is 6.54 Å². The standard InChI is InChI=1S/C10H14N2O2/c1-7(4-10(13)14)6-12-9(3)5-8(2)11-12/h4-5H,6H2,1-3H3,(H,13,14). The Morgan fingerprint density at radius 1 is 1.64 bits per heavy atom. The molecule has 1 rings (SSSR count). The second-order valence-electron chi connectivity index (χ2n) is 3.41. The highest BCUT2D eigenvalue weighted by molar-refractivity contribution is 5.80. The molecule has 4 nitrogen and oxygen atoms in total. The fraction of sp³-hybridized carbons (Fsp3) is 0.400. The van der Waals surface area contributed by atoms with Gasteiger partial charge in [-0.15, -0.1) is 0 Å². The number of hydrogen-bond donors (Lipinski definition) is 1. The molecule has 0 aromatic carbocycles. The normalized spacial score (nSPS) is 11.8. The Labute approximate surface area is 82.9 Å². The van der Waals surface area contributed by atoms with Crippen molar-refractivity contribution in [1.29, 1.82) is 0 Å². The summed E-state index contributed by atoms with van der Waals surface area (Å²) in [4.78, 5) is 10.4. The monoisotopic (exact) mass is 194 g/mol. The Balaban J connectivity index is 2.79. The zero-order chi connectivity index (χ0) is 10.7. The Morgan fingerprint density at radius 2 is 2.29 bits per heavy atom. The molecule has 1 aromatic heterocycles. The van der Waals surface area contributed by atoms with Gasteiger partial charge in [0, 0.05) is 11.8 Å². The van der Waals surface area contributed by atoms with E-state index >= 15 is 0 Å². The van der Waals surface area contributed by atoms with Gasteiger partial charge in [-0.25, -0.2) is 4.79 Å². The number of aliphatic carboxylic acids is 1. The van der Waals surface area contributed by atoms with Crippen LogP contribution in [0.15, 0.2) is 17.7 Å². The lowest BCUT2D eigenvalue weighted by Gasteiger charge is -2.03. The largest absolute Gasteiger partial charge is 0.478 e. The molecule has 0 fully saturated rings. The SMILES string of the molecule is CC(=CC(=O)O)Cn1nc(C)cc1C. The van der Waals surface area contributed by atoms with Crippen LogP contribution in [0.3, 0.4) is 0 Å². The highest BCUT2D eigenvalue weighted by atomic mass is 16.4. The minimum Gasteiger partial charge on any atom is -0.478 e. The summed E-state index contributed by atoms with van der Waals surface area (Å²) in [6.07, 6.45) is 1.20. The maximum absolute atomic E-state index is 10.4. The highest BCUT2D eigenvalue weighted by Crippen LogP contribution is 2.05. The Bertz CT molecular complexity index is 377. The third-order valence-electron chi connectivity index (χ3n) is 1.87. The molecule has 0 amide bonds. The van der Waals surface area contributed by atoms with Crippen LogP contribution >= 0.6 is 0 Å². The third kappa shape index (κ3) is 2.73. The first-order chi connectivity index (χ1) is 6.49. The average Bonchev–Trinajstić information content (AvgIpc) is 2.28. The number of carbonyl (C=O) groups is 1. The molecule has 0 unspecified atom stereocenters. The zero-order valence-electron chi connectivity index (χ0n) is 8.61. The lowest BCUT2D eigenvalue weighted by Crippen LogP contribution is -2.04. The quantitative estimate of drug-likeness (QED) is 0.742. The number of rotatable bonds is 3. The van der Waals surface area contributed by atoms with E-state index in [1.807, 2.05) is 19.9 Å². The molecule has 0 aliphatic heterocycles. The summed E-state index contributed by atoms with van der Waals surface area (Å²) in [7, 11) is 0. The van der Waals surface area contributed by atoms with Gasteiger partial charge in [0.1, 0.15) is 0 Å². The average molecular weight is 194 g/mol. The van der Waals surface area contributed by atoms with Gasteiger partial charge in [0.05, 0.1) is 12.2 Å². The molecule has 14 heavy (non-hydrogen) atoms. The molecule has 0 bridgehead atoms. The van der Waals surface area contributed by atoms with Crippen molar-refractivity contribution in [3.63, 3.8) is 0 Å². The summed E-state index contributed by atoms with van der Waals surface area (Å²) in [6.45, 7) is 6.18. The summed E-state index contributed by atoms with van der Waals surface area (Å²) in [5.41, 5.74) is 2.77. The number of carboxylic acid groups (broad SMARTS) is 1. The van der Waals surface area contributed by atoms with Crippen molar-refractivity contribution in [1.82, 2.24) is 9.78 Å². The van der Waals surface area contributed by atoms with Crippen LogP contribution in [0.5, 0.6) is 0 Å². The molecule has 76 valence electrons. The van der Waals surface area contributed by atoms with Crippen molar-refractivity contribution < 1.29 is 9.90 Å². The lowest BCUT2D eigenvalue weighted by atomic mass is 10.3. The van der Waals surface area contributed by atoms with Gasteiger partial charge in [0.25, 0.3) is 0 Å². The van der Waals surface area contributed by atoms with Crippen molar-refractivity contribution in [2.24, 2.45) is 0 Å². The molecule has 0 aliphatic rings. The minimum absolute atomic E-state index is 0.534. The second-order valence-corrected chi connectivity index (χ2v) is 3.41. The molecular formula is C10H14N2O2. The molecule has 0 radical (unpaired) electrons. The van der Waals surface area contributed by atoms with E-state index in [-0.39, 0.29) is 0 Å². The van der Waals surface area contributed by atoms with Crippen LogP contribution < -0.4 is 0 Å². The summed E-state index contributed by atoms with van der Waals surface area (Å²) >= 11 is 0. The Morgan fingerprint density at radius 3 is 2.71 bits per heavy atom. The summed E-state index contributed by atoms with van der Waals surface area (Å²) in [5, 5.41) is 12.8. The van der Waals surface area contributed by atoms with Gasteiger partial charge in [0.15, 0.2) is 0 Å².